The van der Waals surface area contributed by atoms with Crippen molar-refractivity contribution in [3.63, 3.8) is 0 Å². The molecule has 1 heterocycles. The first-order valence-electron chi connectivity index (χ1n) is 11.7. The van der Waals surface area contributed by atoms with Crippen molar-refractivity contribution in [2.45, 2.75) is 45.6 Å². The number of aryl methyl sites for hydroxylation is 2. The van der Waals surface area contributed by atoms with Gasteiger partial charge in [0.2, 0.25) is 0 Å². The second-order valence-electron chi connectivity index (χ2n) is 8.84. The molecule has 1 aromatic heterocycles. The van der Waals surface area contributed by atoms with Crippen LogP contribution >= 0.6 is 11.6 Å². The number of aromatic nitrogens is 2. The van der Waals surface area contributed by atoms with Crippen molar-refractivity contribution in [1.29, 1.82) is 0 Å². The number of carboxylic acid groups (broad SMARTS) is 1. The van der Waals surface area contributed by atoms with Crippen LogP contribution in [-0.4, -0.2) is 34.2 Å². The lowest BCUT2D eigenvalue weighted by atomic mass is 9.89. The molecule has 0 unspecified atom stereocenters. The third-order valence-electron chi connectivity index (χ3n) is 6.47. The third kappa shape index (κ3) is 5.75. The lowest BCUT2D eigenvalue weighted by Gasteiger charge is -2.16. The van der Waals surface area contributed by atoms with Crippen LogP contribution in [0.4, 0.5) is 0 Å². The number of carbonyl (C=O) groups is 1. The second kappa shape index (κ2) is 11.0. The Bertz CT molecular complexity index is 1150. The predicted octanol–water partition coefficient (Wildman–Crippen LogP) is 5.41. The molecule has 6 nitrogen and oxygen atoms in total. The standard InChI is InChI=1S/C27H30ClN3O3/c1-17-15-30-26(19-4-7-21(28)8-5-19)31-25(17)16-29-12-3-13-34-22-9-11-24-20(14-22)6-10-23(24)18(2)27(32)33/h4-5,7-9,11,14-15,18,23,29H,3,6,10,12-13,16H2,1-2H3,(H,32,33)/t18-,23-/m0/s1. The van der Waals surface area contributed by atoms with Gasteiger partial charge in [0.15, 0.2) is 5.82 Å². The summed E-state index contributed by atoms with van der Waals surface area (Å²) in [4.78, 5) is 20.5. The van der Waals surface area contributed by atoms with E-state index in [1.807, 2.05) is 49.5 Å². The molecule has 0 fully saturated rings. The van der Waals surface area contributed by atoms with E-state index in [9.17, 15) is 9.90 Å². The van der Waals surface area contributed by atoms with Crippen LogP contribution < -0.4 is 10.1 Å². The van der Waals surface area contributed by atoms with Gasteiger partial charge in [0.25, 0.3) is 0 Å². The third-order valence-corrected chi connectivity index (χ3v) is 6.72. The Labute approximate surface area is 205 Å². The summed E-state index contributed by atoms with van der Waals surface area (Å²) in [6.07, 6.45) is 4.52. The van der Waals surface area contributed by atoms with E-state index in [1.54, 1.807) is 6.92 Å². The zero-order chi connectivity index (χ0) is 24.1. The summed E-state index contributed by atoms with van der Waals surface area (Å²) in [6.45, 7) is 5.89. The van der Waals surface area contributed by atoms with E-state index in [0.29, 0.717) is 24.0 Å². The largest absolute Gasteiger partial charge is 0.494 e. The number of nitrogens with one attached hydrogen (secondary N) is 1. The molecule has 178 valence electrons. The highest BCUT2D eigenvalue weighted by Crippen LogP contribution is 2.39. The quantitative estimate of drug-likeness (QED) is 0.378. The van der Waals surface area contributed by atoms with Crippen LogP contribution in [0.3, 0.4) is 0 Å². The minimum absolute atomic E-state index is 0.0937. The minimum Gasteiger partial charge on any atom is -0.494 e. The molecule has 0 radical (unpaired) electrons. The summed E-state index contributed by atoms with van der Waals surface area (Å²) < 4.78 is 5.94. The topological polar surface area (TPSA) is 84.3 Å². The lowest BCUT2D eigenvalue weighted by Crippen LogP contribution is -2.19. The molecule has 1 aliphatic rings. The normalized spacial score (nSPS) is 15.7. The number of halogens is 1. The molecule has 1 aliphatic carbocycles. The average Bonchev–Trinajstić information content (AvgIpc) is 3.25. The van der Waals surface area contributed by atoms with Crippen molar-refractivity contribution >= 4 is 17.6 Å². The molecule has 0 saturated heterocycles. The van der Waals surface area contributed by atoms with Crippen LogP contribution in [0, 0.1) is 12.8 Å². The Balaban J connectivity index is 1.23. The van der Waals surface area contributed by atoms with Gasteiger partial charge >= 0.3 is 5.97 Å². The van der Waals surface area contributed by atoms with Gasteiger partial charge in [-0.25, -0.2) is 9.97 Å². The molecular weight excluding hydrogens is 450 g/mol. The van der Waals surface area contributed by atoms with E-state index in [1.165, 1.54) is 5.56 Å². The number of hydrogen-bond donors (Lipinski definition) is 2. The van der Waals surface area contributed by atoms with Crippen LogP contribution in [0.5, 0.6) is 5.75 Å². The van der Waals surface area contributed by atoms with Gasteiger partial charge in [0.1, 0.15) is 5.75 Å². The molecule has 2 aromatic carbocycles. The van der Waals surface area contributed by atoms with Crippen molar-refractivity contribution in [1.82, 2.24) is 15.3 Å². The number of benzene rings is 2. The SMILES string of the molecule is Cc1cnc(-c2ccc(Cl)cc2)nc1CNCCCOc1ccc2c(c1)CC[C@H]2[C@H](C)C(=O)O. The van der Waals surface area contributed by atoms with Crippen LogP contribution in [-0.2, 0) is 17.8 Å². The number of ether oxygens (including phenoxy) is 1. The highest BCUT2D eigenvalue weighted by molar-refractivity contribution is 6.30. The number of carboxylic acids is 1. The van der Waals surface area contributed by atoms with Crippen LogP contribution in [0.15, 0.2) is 48.7 Å². The summed E-state index contributed by atoms with van der Waals surface area (Å²) in [5.74, 6) is 0.542. The van der Waals surface area contributed by atoms with Gasteiger partial charge in [-0.2, -0.15) is 0 Å². The van der Waals surface area contributed by atoms with Gasteiger partial charge in [-0.3, -0.25) is 4.79 Å². The van der Waals surface area contributed by atoms with Gasteiger partial charge in [0.05, 0.1) is 18.2 Å². The van der Waals surface area contributed by atoms with Crippen molar-refractivity contribution in [3.05, 3.63) is 76.1 Å². The second-order valence-corrected chi connectivity index (χ2v) is 9.28. The Morgan fingerprint density at radius 3 is 2.82 bits per heavy atom. The first-order valence-corrected chi connectivity index (χ1v) is 12.1. The highest BCUT2D eigenvalue weighted by atomic mass is 35.5. The fourth-order valence-electron chi connectivity index (χ4n) is 4.40. The molecule has 34 heavy (non-hydrogen) atoms. The van der Waals surface area contributed by atoms with Crippen molar-refractivity contribution < 1.29 is 14.6 Å². The van der Waals surface area contributed by atoms with Gasteiger partial charge in [-0.05, 0) is 91.7 Å². The van der Waals surface area contributed by atoms with Gasteiger partial charge in [-0.15, -0.1) is 0 Å². The molecule has 0 bridgehead atoms. The number of fused-ring (bicyclic) bond motifs is 1. The molecule has 4 rings (SSSR count). The summed E-state index contributed by atoms with van der Waals surface area (Å²) in [5, 5.41) is 13.5. The smallest absolute Gasteiger partial charge is 0.306 e. The number of aliphatic carboxylic acids is 1. The van der Waals surface area contributed by atoms with Gasteiger partial charge in [-0.1, -0.05) is 24.6 Å². The summed E-state index contributed by atoms with van der Waals surface area (Å²) in [5.41, 5.74) is 5.34. The number of rotatable bonds is 10. The Morgan fingerprint density at radius 2 is 2.06 bits per heavy atom. The number of nitrogens with zero attached hydrogens (tertiary/aromatic N) is 2. The van der Waals surface area contributed by atoms with Crippen LogP contribution in [0.25, 0.3) is 11.4 Å². The van der Waals surface area contributed by atoms with E-state index in [-0.39, 0.29) is 11.8 Å². The maximum absolute atomic E-state index is 11.4. The Morgan fingerprint density at radius 1 is 1.26 bits per heavy atom. The van der Waals surface area contributed by atoms with E-state index < -0.39 is 5.97 Å². The molecule has 7 heteroatoms. The molecule has 3 aromatic rings. The zero-order valence-electron chi connectivity index (χ0n) is 19.6. The van der Waals surface area contributed by atoms with Crippen LogP contribution in [0.1, 0.15) is 48.1 Å². The lowest BCUT2D eigenvalue weighted by molar-refractivity contribution is -0.141. The van der Waals surface area contributed by atoms with Crippen molar-refractivity contribution in [3.8, 4) is 17.1 Å². The molecule has 2 N–H and O–H groups in total. The zero-order valence-corrected chi connectivity index (χ0v) is 20.3. The molecule has 0 spiro atoms. The fourth-order valence-corrected chi connectivity index (χ4v) is 4.52. The fraction of sp³-hybridized carbons (Fsp3) is 0.370. The van der Waals surface area contributed by atoms with Gasteiger partial charge < -0.3 is 15.2 Å². The molecule has 0 saturated carbocycles. The number of hydrogen-bond acceptors (Lipinski definition) is 5. The van der Waals surface area contributed by atoms with E-state index in [4.69, 9.17) is 21.3 Å². The van der Waals surface area contributed by atoms with E-state index >= 15 is 0 Å². The summed E-state index contributed by atoms with van der Waals surface area (Å²) in [6, 6.07) is 13.6. The maximum atomic E-state index is 11.4. The Hall–Kier alpha value is -2.96. The molecule has 0 amide bonds. The first-order chi connectivity index (χ1) is 16.4. The Kier molecular flexibility index (Phi) is 7.80. The monoisotopic (exact) mass is 479 g/mol. The van der Waals surface area contributed by atoms with E-state index in [2.05, 4.69) is 16.4 Å². The van der Waals surface area contributed by atoms with Crippen LogP contribution in [0.2, 0.25) is 5.02 Å². The van der Waals surface area contributed by atoms with Gasteiger partial charge in [0, 0.05) is 23.3 Å². The van der Waals surface area contributed by atoms with E-state index in [0.717, 1.165) is 53.9 Å². The highest BCUT2D eigenvalue weighted by Gasteiger charge is 2.31. The predicted molar refractivity (Wildman–Crippen MR) is 133 cm³/mol. The molecule has 0 aliphatic heterocycles. The maximum Gasteiger partial charge on any atom is 0.306 e. The summed E-state index contributed by atoms with van der Waals surface area (Å²) >= 11 is 5.98. The molecular formula is C27H30ClN3O3. The minimum atomic E-state index is -0.732. The van der Waals surface area contributed by atoms with Crippen molar-refractivity contribution in [2.24, 2.45) is 5.92 Å². The first kappa shape index (κ1) is 24.2. The average molecular weight is 480 g/mol. The van der Waals surface area contributed by atoms with Crippen molar-refractivity contribution in [2.75, 3.05) is 13.2 Å². The summed E-state index contributed by atoms with van der Waals surface area (Å²) in [7, 11) is 0. The molecule has 2 atom stereocenters.